The van der Waals surface area contributed by atoms with E-state index in [4.69, 9.17) is 24.5 Å². The van der Waals surface area contributed by atoms with E-state index in [9.17, 15) is 9.59 Å². The van der Waals surface area contributed by atoms with Crippen LogP contribution in [0.3, 0.4) is 0 Å². The third kappa shape index (κ3) is 7.26. The minimum absolute atomic E-state index is 0.00745. The molecule has 1 aliphatic carbocycles. The molecule has 0 aromatic carbocycles. The summed E-state index contributed by atoms with van der Waals surface area (Å²) in [5.41, 5.74) is 8.30. The van der Waals surface area contributed by atoms with Crippen molar-refractivity contribution in [1.82, 2.24) is 4.90 Å². The fraction of sp³-hybridized carbons (Fsp3) is 0.905. The first-order valence-corrected chi connectivity index (χ1v) is 11.1. The van der Waals surface area contributed by atoms with Crippen molar-refractivity contribution in [1.29, 1.82) is 0 Å². The van der Waals surface area contributed by atoms with E-state index in [1.165, 1.54) is 0 Å². The highest BCUT2D eigenvalue weighted by Crippen LogP contribution is 2.30. The summed E-state index contributed by atoms with van der Waals surface area (Å²) in [6.07, 6.45) is 1.99. The van der Waals surface area contributed by atoms with Crippen molar-refractivity contribution < 1.29 is 28.5 Å². The van der Waals surface area contributed by atoms with Crippen LogP contribution in [0.1, 0.15) is 60.3 Å². The maximum absolute atomic E-state index is 12.8. The summed E-state index contributed by atoms with van der Waals surface area (Å²) in [4.78, 5) is 29.2. The first-order valence-electron chi connectivity index (χ1n) is 11.1. The van der Waals surface area contributed by atoms with Crippen molar-refractivity contribution in [3.63, 3.8) is 0 Å². The molecule has 176 valence electrons. The molecule has 1 amide bonds. The van der Waals surface area contributed by atoms with Crippen LogP contribution in [0.25, 0.3) is 10.4 Å². The molecule has 1 saturated heterocycles. The number of carbonyl (C=O) groups excluding carboxylic acids is 2. The molecule has 1 heterocycles. The van der Waals surface area contributed by atoms with Crippen molar-refractivity contribution in [3.8, 4) is 0 Å². The van der Waals surface area contributed by atoms with Gasteiger partial charge in [0.1, 0.15) is 5.60 Å². The molecule has 0 radical (unpaired) electrons. The highest BCUT2D eigenvalue weighted by atomic mass is 16.6. The zero-order valence-electron chi connectivity index (χ0n) is 19.3. The molecule has 0 N–H and O–H groups in total. The molecule has 1 aliphatic heterocycles. The van der Waals surface area contributed by atoms with E-state index in [1.54, 1.807) is 25.7 Å². The van der Waals surface area contributed by atoms with Crippen molar-refractivity contribution in [3.05, 3.63) is 10.4 Å². The lowest BCUT2D eigenvalue weighted by atomic mass is 9.87. The van der Waals surface area contributed by atoms with Crippen molar-refractivity contribution in [2.75, 3.05) is 26.4 Å². The Bertz CT molecular complexity index is 653. The largest absolute Gasteiger partial charge is 0.466 e. The number of hydrogen-bond donors (Lipinski definition) is 0. The van der Waals surface area contributed by atoms with Crippen LogP contribution in [0.5, 0.6) is 0 Å². The fourth-order valence-electron chi connectivity index (χ4n) is 4.13. The van der Waals surface area contributed by atoms with E-state index < -0.39 is 29.9 Å². The van der Waals surface area contributed by atoms with Crippen LogP contribution >= 0.6 is 0 Å². The van der Waals surface area contributed by atoms with Gasteiger partial charge >= 0.3 is 12.1 Å². The van der Waals surface area contributed by atoms with E-state index in [1.807, 2.05) is 13.8 Å². The summed E-state index contributed by atoms with van der Waals surface area (Å²) in [5, 5.41) is 3.84. The number of hydrogen-bond acceptors (Lipinski definition) is 7. The van der Waals surface area contributed by atoms with Crippen LogP contribution in [0.4, 0.5) is 4.79 Å². The molecule has 31 heavy (non-hydrogen) atoms. The molecule has 0 spiro atoms. The molecule has 10 heteroatoms. The number of nitrogens with zero attached hydrogens (tertiary/aromatic N) is 4. The molecule has 2 rings (SSSR count). The Morgan fingerprint density at radius 3 is 2.32 bits per heavy atom. The monoisotopic (exact) mass is 440 g/mol. The van der Waals surface area contributed by atoms with E-state index in [-0.39, 0.29) is 31.1 Å². The fourth-order valence-corrected chi connectivity index (χ4v) is 4.13. The molecule has 10 nitrogen and oxygen atoms in total. The maximum Gasteiger partial charge on any atom is 0.410 e. The lowest BCUT2D eigenvalue weighted by Gasteiger charge is -2.33. The number of likely N-dealkylation sites (tertiary alicyclic amines) is 1. The van der Waals surface area contributed by atoms with Gasteiger partial charge in [-0.3, -0.25) is 9.69 Å². The second kappa shape index (κ2) is 11.5. The van der Waals surface area contributed by atoms with Gasteiger partial charge < -0.3 is 18.9 Å². The Morgan fingerprint density at radius 1 is 1.10 bits per heavy atom. The van der Waals surface area contributed by atoms with E-state index in [0.717, 1.165) is 25.7 Å². The number of azide groups is 1. The third-order valence-corrected chi connectivity index (χ3v) is 5.53. The van der Waals surface area contributed by atoms with Gasteiger partial charge in [-0.05, 0) is 65.8 Å². The summed E-state index contributed by atoms with van der Waals surface area (Å²) in [6, 6.07) is -0.932. The topological polar surface area (TPSA) is 123 Å². The second-order valence-corrected chi connectivity index (χ2v) is 8.95. The molecule has 1 saturated carbocycles. The quantitative estimate of drug-likeness (QED) is 0.245. The minimum atomic E-state index is -0.647. The maximum atomic E-state index is 12.8. The Balaban J connectivity index is 2.03. The smallest absolute Gasteiger partial charge is 0.410 e. The summed E-state index contributed by atoms with van der Waals surface area (Å²) >= 11 is 0. The van der Waals surface area contributed by atoms with Crippen LogP contribution in [0.2, 0.25) is 0 Å². The second-order valence-electron chi connectivity index (χ2n) is 8.95. The Kier molecular flexibility index (Phi) is 9.40. The molecular formula is C21H36N4O6. The highest BCUT2D eigenvalue weighted by Gasteiger charge is 2.46. The molecular weight excluding hydrogens is 404 g/mol. The van der Waals surface area contributed by atoms with E-state index in [0.29, 0.717) is 13.2 Å². The standard InChI is InChI=1S/C21H36N4O6/c1-6-28-18-16(23-24-22)12-25(20(27)31-21(3,4)5)17(18)13-30-15-10-8-14(9-11-15)19(26)29-7-2/h14-18H,6-13H2,1-5H3/t14-,15-,16-,17-,18+/m1/s1. The zero-order valence-corrected chi connectivity index (χ0v) is 19.3. The van der Waals surface area contributed by atoms with Crippen LogP contribution in [-0.2, 0) is 23.7 Å². The van der Waals surface area contributed by atoms with Gasteiger partial charge in [-0.1, -0.05) is 5.11 Å². The van der Waals surface area contributed by atoms with Gasteiger partial charge in [0.2, 0.25) is 0 Å². The summed E-state index contributed by atoms with van der Waals surface area (Å²) in [5.74, 6) is -0.212. The van der Waals surface area contributed by atoms with Crippen LogP contribution in [0, 0.1) is 5.92 Å². The predicted octanol–water partition coefficient (Wildman–Crippen LogP) is 3.83. The number of rotatable bonds is 8. The number of amides is 1. The number of carbonyl (C=O) groups is 2. The average Bonchev–Trinajstić information content (AvgIpc) is 3.04. The molecule has 2 aliphatic rings. The van der Waals surface area contributed by atoms with Crippen molar-refractivity contribution >= 4 is 12.1 Å². The third-order valence-electron chi connectivity index (χ3n) is 5.53. The summed E-state index contributed by atoms with van der Waals surface area (Å²) in [7, 11) is 0. The molecule has 0 bridgehead atoms. The molecule has 0 unspecified atom stereocenters. The zero-order chi connectivity index (χ0) is 23.0. The molecule has 0 aromatic heterocycles. The van der Waals surface area contributed by atoms with Gasteiger partial charge in [0, 0.05) is 18.1 Å². The van der Waals surface area contributed by atoms with Gasteiger partial charge in [0.25, 0.3) is 0 Å². The lowest BCUT2D eigenvalue weighted by molar-refractivity contribution is -0.150. The van der Waals surface area contributed by atoms with Gasteiger partial charge in [-0.2, -0.15) is 0 Å². The van der Waals surface area contributed by atoms with Crippen LogP contribution in [0.15, 0.2) is 5.11 Å². The normalized spacial score (nSPS) is 28.7. The van der Waals surface area contributed by atoms with Gasteiger partial charge in [-0.25, -0.2) is 4.79 Å². The average molecular weight is 441 g/mol. The lowest BCUT2D eigenvalue weighted by Crippen LogP contribution is -2.46. The Labute approximate surface area is 184 Å². The van der Waals surface area contributed by atoms with Gasteiger partial charge in [0.05, 0.1) is 43.4 Å². The molecule has 0 aromatic rings. The van der Waals surface area contributed by atoms with Crippen LogP contribution in [-0.4, -0.2) is 73.2 Å². The van der Waals surface area contributed by atoms with Crippen LogP contribution < -0.4 is 0 Å². The first kappa shape index (κ1) is 25.2. The first-order chi connectivity index (χ1) is 14.7. The molecule has 2 fully saturated rings. The SMILES string of the molecule is CCOC(=O)[C@H]1CC[C@H](OC[C@@H]2[C@@H](OCC)[C@H](N=[N+]=[N-])CN2C(=O)OC(C)(C)C)CC1. The van der Waals surface area contributed by atoms with Crippen molar-refractivity contribution in [2.45, 2.75) is 90.2 Å². The highest BCUT2D eigenvalue weighted by molar-refractivity contribution is 5.72. The van der Waals surface area contributed by atoms with E-state index in [2.05, 4.69) is 10.0 Å². The summed E-state index contributed by atoms with van der Waals surface area (Å²) < 4.78 is 22.7. The Morgan fingerprint density at radius 2 is 1.77 bits per heavy atom. The summed E-state index contributed by atoms with van der Waals surface area (Å²) in [6.45, 7) is 10.4. The predicted molar refractivity (Wildman–Crippen MR) is 113 cm³/mol. The molecule has 3 atom stereocenters. The van der Waals surface area contributed by atoms with Gasteiger partial charge in [0.15, 0.2) is 0 Å². The Hall–Kier alpha value is -2.03. The minimum Gasteiger partial charge on any atom is -0.466 e. The van der Waals surface area contributed by atoms with Crippen molar-refractivity contribution in [2.24, 2.45) is 11.0 Å². The van der Waals surface area contributed by atoms with Gasteiger partial charge in [-0.15, -0.1) is 0 Å². The number of esters is 1. The van der Waals surface area contributed by atoms with E-state index >= 15 is 0 Å². The number of ether oxygens (including phenoxy) is 4.